The molecule has 2 unspecified atom stereocenters. The second-order valence-electron chi connectivity index (χ2n) is 6.79. The van der Waals surface area contributed by atoms with Crippen LogP contribution < -0.4 is 5.32 Å². The number of nitrogens with one attached hydrogen (secondary N) is 1. The van der Waals surface area contributed by atoms with Crippen LogP contribution in [0.3, 0.4) is 0 Å². The predicted molar refractivity (Wildman–Crippen MR) is 72.2 cm³/mol. The standard InChI is InChI=1S/C15H29N/c1-10(2)8-11(3)16-13(5)12(4)14-9-15(14,6)7/h10,12-14,16H,3,8-9H2,1-2,4-7H3/t12?,13?,14-/m1/s1. The lowest BCUT2D eigenvalue weighted by Crippen LogP contribution is -2.33. The highest BCUT2D eigenvalue weighted by atomic mass is 14.9. The summed E-state index contributed by atoms with van der Waals surface area (Å²) in [6.45, 7) is 18.0. The summed E-state index contributed by atoms with van der Waals surface area (Å²) in [6, 6.07) is 0.554. The quantitative estimate of drug-likeness (QED) is 0.711. The third-order valence-corrected chi connectivity index (χ3v) is 4.10. The van der Waals surface area contributed by atoms with Crippen LogP contribution in [0.4, 0.5) is 0 Å². The van der Waals surface area contributed by atoms with Crippen molar-refractivity contribution in [2.75, 3.05) is 0 Å². The van der Waals surface area contributed by atoms with Crippen LogP contribution in [-0.4, -0.2) is 6.04 Å². The van der Waals surface area contributed by atoms with E-state index in [2.05, 4.69) is 53.4 Å². The van der Waals surface area contributed by atoms with Crippen LogP contribution in [0.15, 0.2) is 12.3 Å². The van der Waals surface area contributed by atoms with E-state index in [1.807, 2.05) is 0 Å². The predicted octanol–water partition coefficient (Wildman–Crippen LogP) is 4.21. The molecule has 1 saturated carbocycles. The lowest BCUT2D eigenvalue weighted by Gasteiger charge is -2.25. The average molecular weight is 223 g/mol. The van der Waals surface area contributed by atoms with Crippen LogP contribution in [0.25, 0.3) is 0 Å². The Kier molecular flexibility index (Phi) is 4.09. The summed E-state index contributed by atoms with van der Waals surface area (Å²) in [6.07, 6.45) is 2.47. The molecule has 94 valence electrons. The maximum absolute atomic E-state index is 4.12. The van der Waals surface area contributed by atoms with Crippen LogP contribution in [0.2, 0.25) is 0 Å². The summed E-state index contributed by atoms with van der Waals surface area (Å²) in [7, 11) is 0. The van der Waals surface area contributed by atoms with Gasteiger partial charge in [0.05, 0.1) is 0 Å². The van der Waals surface area contributed by atoms with Gasteiger partial charge in [0, 0.05) is 11.7 Å². The zero-order chi connectivity index (χ0) is 12.5. The second kappa shape index (κ2) is 4.81. The molecule has 0 spiro atoms. The molecule has 0 heterocycles. The van der Waals surface area contributed by atoms with E-state index < -0.39 is 0 Å². The van der Waals surface area contributed by atoms with E-state index in [4.69, 9.17) is 0 Å². The summed E-state index contributed by atoms with van der Waals surface area (Å²) in [5.41, 5.74) is 1.78. The SMILES string of the molecule is C=C(CC(C)C)NC(C)C(C)[C@H]1CC1(C)C. The van der Waals surface area contributed by atoms with E-state index in [1.54, 1.807) is 0 Å². The monoisotopic (exact) mass is 223 g/mol. The number of hydrogen-bond acceptors (Lipinski definition) is 1. The molecule has 1 N–H and O–H groups in total. The smallest absolute Gasteiger partial charge is 0.0258 e. The van der Waals surface area contributed by atoms with Gasteiger partial charge in [-0.25, -0.2) is 0 Å². The molecule has 0 radical (unpaired) electrons. The number of hydrogen-bond donors (Lipinski definition) is 1. The Morgan fingerprint density at radius 2 is 1.81 bits per heavy atom. The number of allylic oxidation sites excluding steroid dienone is 1. The molecule has 0 bridgehead atoms. The highest BCUT2D eigenvalue weighted by Gasteiger charge is 2.49. The van der Waals surface area contributed by atoms with Gasteiger partial charge in [-0.1, -0.05) is 41.2 Å². The summed E-state index contributed by atoms with van der Waals surface area (Å²) in [5.74, 6) is 2.33. The Bertz CT molecular complexity index is 252. The molecule has 16 heavy (non-hydrogen) atoms. The van der Waals surface area contributed by atoms with Crippen molar-refractivity contribution < 1.29 is 0 Å². The van der Waals surface area contributed by atoms with Gasteiger partial charge in [-0.05, 0) is 42.9 Å². The molecule has 0 aromatic carbocycles. The van der Waals surface area contributed by atoms with E-state index in [1.165, 1.54) is 12.1 Å². The first kappa shape index (κ1) is 13.6. The van der Waals surface area contributed by atoms with Gasteiger partial charge < -0.3 is 5.32 Å². The molecule has 1 rings (SSSR count). The van der Waals surface area contributed by atoms with E-state index in [0.29, 0.717) is 17.4 Å². The Labute approximate surface area is 102 Å². The molecule has 1 aliphatic rings. The summed E-state index contributed by atoms with van der Waals surface area (Å²) >= 11 is 0. The second-order valence-corrected chi connectivity index (χ2v) is 6.79. The summed E-state index contributed by atoms with van der Waals surface area (Å²) in [5, 5.41) is 3.58. The molecule has 1 aliphatic carbocycles. The maximum Gasteiger partial charge on any atom is 0.0258 e. The minimum absolute atomic E-state index is 0.554. The van der Waals surface area contributed by atoms with Gasteiger partial charge in [0.2, 0.25) is 0 Å². The van der Waals surface area contributed by atoms with Crippen molar-refractivity contribution in [1.82, 2.24) is 5.32 Å². The molecule has 0 aromatic heterocycles. The minimum Gasteiger partial charge on any atom is -0.386 e. The Morgan fingerprint density at radius 3 is 2.19 bits per heavy atom. The van der Waals surface area contributed by atoms with Crippen LogP contribution in [0.5, 0.6) is 0 Å². The minimum atomic E-state index is 0.554. The van der Waals surface area contributed by atoms with E-state index in [-0.39, 0.29) is 0 Å². The van der Waals surface area contributed by atoms with Crippen LogP contribution in [0, 0.1) is 23.2 Å². The normalized spacial score (nSPS) is 26.3. The third kappa shape index (κ3) is 3.54. The van der Waals surface area contributed by atoms with Crippen LogP contribution >= 0.6 is 0 Å². The van der Waals surface area contributed by atoms with E-state index >= 15 is 0 Å². The lowest BCUT2D eigenvalue weighted by molar-refractivity contribution is 0.337. The van der Waals surface area contributed by atoms with Gasteiger partial charge in [-0.3, -0.25) is 0 Å². The Balaban J connectivity index is 2.35. The van der Waals surface area contributed by atoms with Gasteiger partial charge in [0.25, 0.3) is 0 Å². The maximum atomic E-state index is 4.12. The molecule has 3 atom stereocenters. The molecule has 0 amide bonds. The van der Waals surface area contributed by atoms with Crippen LogP contribution in [-0.2, 0) is 0 Å². The Morgan fingerprint density at radius 1 is 1.31 bits per heavy atom. The molecule has 0 aliphatic heterocycles. The molecule has 0 aromatic rings. The van der Waals surface area contributed by atoms with Crippen LogP contribution in [0.1, 0.15) is 54.4 Å². The van der Waals surface area contributed by atoms with Gasteiger partial charge in [-0.2, -0.15) is 0 Å². The van der Waals surface area contributed by atoms with Gasteiger partial charge in [0.1, 0.15) is 0 Å². The van der Waals surface area contributed by atoms with Crippen molar-refractivity contribution in [3.05, 3.63) is 12.3 Å². The molecule has 1 fully saturated rings. The van der Waals surface area contributed by atoms with Gasteiger partial charge in [-0.15, -0.1) is 0 Å². The first-order valence-electron chi connectivity index (χ1n) is 6.68. The van der Waals surface area contributed by atoms with Crippen molar-refractivity contribution in [3.8, 4) is 0 Å². The van der Waals surface area contributed by atoms with E-state index in [9.17, 15) is 0 Å². The molecule has 1 heteroatoms. The molecule has 1 nitrogen and oxygen atoms in total. The largest absolute Gasteiger partial charge is 0.386 e. The molecular weight excluding hydrogens is 194 g/mol. The fourth-order valence-electron chi connectivity index (χ4n) is 2.76. The summed E-state index contributed by atoms with van der Waals surface area (Å²) in [4.78, 5) is 0. The van der Waals surface area contributed by atoms with Crippen molar-refractivity contribution in [1.29, 1.82) is 0 Å². The van der Waals surface area contributed by atoms with Gasteiger partial charge in [0.15, 0.2) is 0 Å². The van der Waals surface area contributed by atoms with Crippen molar-refractivity contribution >= 4 is 0 Å². The van der Waals surface area contributed by atoms with Crippen molar-refractivity contribution in [2.24, 2.45) is 23.2 Å². The zero-order valence-electron chi connectivity index (χ0n) is 11.9. The zero-order valence-corrected chi connectivity index (χ0v) is 11.9. The van der Waals surface area contributed by atoms with E-state index in [0.717, 1.165) is 18.3 Å². The highest BCUT2D eigenvalue weighted by molar-refractivity contribution is 5.02. The van der Waals surface area contributed by atoms with Crippen molar-refractivity contribution in [3.63, 3.8) is 0 Å². The lowest BCUT2D eigenvalue weighted by atomic mass is 9.92. The topological polar surface area (TPSA) is 12.0 Å². The Hall–Kier alpha value is -0.460. The third-order valence-electron chi connectivity index (χ3n) is 4.10. The molecular formula is C15H29N. The molecule has 0 saturated heterocycles. The highest BCUT2D eigenvalue weighted by Crippen LogP contribution is 2.56. The van der Waals surface area contributed by atoms with Gasteiger partial charge >= 0.3 is 0 Å². The number of rotatable bonds is 6. The van der Waals surface area contributed by atoms with Crippen molar-refractivity contribution in [2.45, 2.75) is 60.4 Å². The fraction of sp³-hybridized carbons (Fsp3) is 0.867. The summed E-state index contributed by atoms with van der Waals surface area (Å²) < 4.78 is 0. The average Bonchev–Trinajstić information content (AvgIpc) is 2.72. The first-order chi connectivity index (χ1) is 7.24. The fourth-order valence-corrected chi connectivity index (χ4v) is 2.76. The first-order valence-corrected chi connectivity index (χ1v) is 6.68.